The van der Waals surface area contributed by atoms with Crippen LogP contribution in [0.3, 0.4) is 0 Å². The Hall–Kier alpha value is -2.17. The second kappa shape index (κ2) is 7.10. The summed E-state index contributed by atoms with van der Waals surface area (Å²) in [5.41, 5.74) is -2.63. The van der Waals surface area contributed by atoms with E-state index in [1.807, 2.05) is 0 Å². The molecule has 0 spiro atoms. The van der Waals surface area contributed by atoms with Gasteiger partial charge in [-0.15, -0.1) is 0 Å². The minimum Gasteiger partial charge on any atom is -0.382 e. The Kier molecular flexibility index (Phi) is 5.56. The lowest BCUT2D eigenvalue weighted by Crippen LogP contribution is -2.23. The summed E-state index contributed by atoms with van der Waals surface area (Å²) in [6, 6.07) is 2.41. The van der Waals surface area contributed by atoms with Gasteiger partial charge in [0.1, 0.15) is 17.4 Å². The zero-order chi connectivity index (χ0) is 20.7. The maximum atomic E-state index is 12.8. The van der Waals surface area contributed by atoms with Crippen molar-refractivity contribution in [3.8, 4) is 11.8 Å². The van der Waals surface area contributed by atoms with Crippen LogP contribution in [-0.4, -0.2) is 19.5 Å². The molecule has 15 heteroatoms. The quantitative estimate of drug-likeness (QED) is 0.681. The highest BCUT2D eigenvalue weighted by molar-refractivity contribution is 7.87. The highest BCUT2D eigenvalue weighted by atomic mass is 35.5. The second-order valence-electron chi connectivity index (χ2n) is 4.74. The number of halogens is 8. The Morgan fingerprint density at radius 3 is 2.11 bits per heavy atom. The number of anilines is 2. The van der Waals surface area contributed by atoms with E-state index in [1.165, 1.54) is 10.8 Å². The van der Waals surface area contributed by atoms with E-state index in [0.717, 1.165) is 0 Å². The Balaban J connectivity index is 2.62. The first-order valence-corrected chi connectivity index (χ1v) is 8.28. The number of nitrogens with two attached hydrogens (primary N) is 1. The molecule has 146 valence electrons. The summed E-state index contributed by atoms with van der Waals surface area (Å²) in [7, 11) is -3.63. The van der Waals surface area contributed by atoms with E-state index >= 15 is 0 Å². The number of nitriles is 1. The van der Waals surface area contributed by atoms with Crippen LogP contribution in [0.15, 0.2) is 12.1 Å². The summed E-state index contributed by atoms with van der Waals surface area (Å²) >= 11 is 11.6. The summed E-state index contributed by atoms with van der Waals surface area (Å²) in [5.74, 6) is -0.673. The van der Waals surface area contributed by atoms with Crippen LogP contribution in [0.1, 0.15) is 11.3 Å². The van der Waals surface area contributed by atoms with Crippen molar-refractivity contribution < 1.29 is 30.6 Å². The summed E-state index contributed by atoms with van der Waals surface area (Å²) in [5, 5.41) is 11.4. The zero-order valence-electron chi connectivity index (χ0n) is 12.4. The first-order valence-electron chi connectivity index (χ1n) is 6.37. The van der Waals surface area contributed by atoms with Gasteiger partial charge in [0.15, 0.2) is 11.5 Å². The van der Waals surface area contributed by atoms with E-state index in [-0.39, 0.29) is 0 Å². The molecule has 0 saturated heterocycles. The van der Waals surface area contributed by atoms with Crippen molar-refractivity contribution >= 4 is 45.7 Å². The molecule has 2 aromatic rings. The molecular formula is C12H5Cl2F6N5OS. The number of nitrogen functional groups attached to an aromatic ring is 1. The number of rotatable bonds is 3. The Morgan fingerprint density at radius 2 is 1.70 bits per heavy atom. The lowest BCUT2D eigenvalue weighted by molar-refractivity contribution is -0.137. The van der Waals surface area contributed by atoms with Gasteiger partial charge in [0.25, 0.3) is 0 Å². The lowest BCUT2D eigenvalue weighted by Gasteiger charge is -2.13. The number of nitrogens with zero attached hydrogens (tertiary/aromatic N) is 3. The maximum Gasteiger partial charge on any atom is 0.490 e. The van der Waals surface area contributed by atoms with Gasteiger partial charge >= 0.3 is 11.7 Å². The zero-order valence-corrected chi connectivity index (χ0v) is 14.7. The van der Waals surface area contributed by atoms with Gasteiger partial charge in [0.2, 0.25) is 11.0 Å². The number of alkyl halides is 6. The molecule has 0 amide bonds. The third kappa shape index (κ3) is 4.23. The average molecular weight is 452 g/mol. The Morgan fingerprint density at radius 1 is 1.19 bits per heavy atom. The van der Waals surface area contributed by atoms with Gasteiger partial charge < -0.3 is 5.73 Å². The monoisotopic (exact) mass is 451 g/mol. The van der Waals surface area contributed by atoms with Crippen molar-refractivity contribution in [2.24, 2.45) is 0 Å². The molecule has 0 aliphatic carbocycles. The molecule has 0 aliphatic rings. The van der Waals surface area contributed by atoms with E-state index in [4.69, 9.17) is 34.2 Å². The number of hydrogen-bond donors (Lipinski definition) is 2. The SMILES string of the molecule is N#Cc1nn(-c2c(Cl)cc(C(F)(F)F)cc2Cl)c(N)c1NS(=O)C(F)(F)F. The fraction of sp³-hybridized carbons (Fsp3) is 0.167. The molecular weight excluding hydrogens is 447 g/mol. The van der Waals surface area contributed by atoms with Crippen LogP contribution in [0, 0.1) is 11.3 Å². The maximum absolute atomic E-state index is 12.8. The van der Waals surface area contributed by atoms with Crippen LogP contribution in [-0.2, 0) is 17.2 Å². The third-order valence-electron chi connectivity index (χ3n) is 2.99. The molecule has 1 unspecified atom stereocenters. The molecule has 1 aromatic carbocycles. The molecule has 1 atom stereocenters. The predicted molar refractivity (Wildman–Crippen MR) is 85.5 cm³/mol. The molecule has 2 rings (SSSR count). The average Bonchev–Trinajstić information content (AvgIpc) is 2.81. The fourth-order valence-electron chi connectivity index (χ4n) is 1.86. The predicted octanol–water partition coefficient (Wildman–Crippen LogP) is 4.25. The molecule has 0 aliphatic heterocycles. The highest BCUT2D eigenvalue weighted by Gasteiger charge is 2.39. The minimum absolute atomic E-state index is 0.411. The molecule has 3 N–H and O–H groups in total. The number of aromatic nitrogens is 2. The van der Waals surface area contributed by atoms with Crippen molar-refractivity contribution in [3.05, 3.63) is 33.4 Å². The largest absolute Gasteiger partial charge is 0.490 e. The molecule has 0 fully saturated rings. The van der Waals surface area contributed by atoms with Crippen molar-refractivity contribution in [2.75, 3.05) is 10.5 Å². The smallest absolute Gasteiger partial charge is 0.382 e. The van der Waals surface area contributed by atoms with Crippen LogP contribution in [0.2, 0.25) is 10.0 Å². The van der Waals surface area contributed by atoms with Crippen LogP contribution in [0.25, 0.3) is 5.69 Å². The Bertz CT molecular complexity index is 942. The molecule has 1 aromatic heterocycles. The van der Waals surface area contributed by atoms with Gasteiger partial charge in [-0.1, -0.05) is 23.2 Å². The van der Waals surface area contributed by atoms with Crippen LogP contribution in [0.5, 0.6) is 0 Å². The molecule has 27 heavy (non-hydrogen) atoms. The van der Waals surface area contributed by atoms with E-state index in [9.17, 15) is 30.6 Å². The number of hydrogen-bond acceptors (Lipinski definition) is 4. The van der Waals surface area contributed by atoms with Gasteiger partial charge in [-0.2, -0.15) is 36.7 Å². The first-order chi connectivity index (χ1) is 12.3. The highest BCUT2D eigenvalue weighted by Crippen LogP contribution is 2.39. The fourth-order valence-corrected chi connectivity index (χ4v) is 3.01. The van der Waals surface area contributed by atoms with Crippen molar-refractivity contribution in [1.29, 1.82) is 5.26 Å². The first kappa shape index (κ1) is 21.1. The van der Waals surface area contributed by atoms with Crippen LogP contribution in [0.4, 0.5) is 37.8 Å². The second-order valence-corrected chi connectivity index (χ2v) is 6.75. The van der Waals surface area contributed by atoms with E-state index < -0.39 is 61.2 Å². The normalized spacial score (nSPS) is 13.3. The summed E-state index contributed by atoms with van der Waals surface area (Å²) < 4.78 is 88.9. The van der Waals surface area contributed by atoms with Gasteiger partial charge in [0, 0.05) is 0 Å². The topological polar surface area (TPSA) is 96.7 Å². The van der Waals surface area contributed by atoms with Crippen molar-refractivity contribution in [3.63, 3.8) is 0 Å². The molecule has 6 nitrogen and oxygen atoms in total. The minimum atomic E-state index is -5.18. The van der Waals surface area contributed by atoms with Crippen molar-refractivity contribution in [1.82, 2.24) is 9.78 Å². The van der Waals surface area contributed by atoms with E-state index in [2.05, 4.69) is 5.10 Å². The van der Waals surface area contributed by atoms with Crippen LogP contribution >= 0.6 is 23.2 Å². The molecule has 0 saturated carbocycles. The lowest BCUT2D eigenvalue weighted by atomic mass is 10.2. The van der Waals surface area contributed by atoms with E-state index in [1.54, 1.807) is 0 Å². The van der Waals surface area contributed by atoms with Gasteiger partial charge in [-0.3, -0.25) is 4.72 Å². The third-order valence-corrected chi connectivity index (χ3v) is 4.37. The standard InChI is InChI=1S/C12H5Cl2F6N5OS/c13-5-1-4(11(15,16)17)2-6(14)9(5)25-10(22)8(7(3-21)23-25)24-27(26)12(18,19)20/h1-2,24H,22H2. The summed E-state index contributed by atoms with van der Waals surface area (Å²) in [4.78, 5) is 0. The summed E-state index contributed by atoms with van der Waals surface area (Å²) in [6.45, 7) is 0. The van der Waals surface area contributed by atoms with Crippen molar-refractivity contribution in [2.45, 2.75) is 11.7 Å². The Labute approximate surface area is 159 Å². The molecule has 1 heterocycles. The van der Waals surface area contributed by atoms with Gasteiger partial charge in [-0.05, 0) is 12.1 Å². The van der Waals surface area contributed by atoms with E-state index in [0.29, 0.717) is 16.8 Å². The molecule has 0 radical (unpaired) electrons. The number of nitrogens with one attached hydrogen (secondary N) is 1. The van der Waals surface area contributed by atoms with Gasteiger partial charge in [0.05, 0.1) is 15.6 Å². The van der Waals surface area contributed by atoms with Gasteiger partial charge in [-0.25, -0.2) is 8.89 Å². The molecule has 0 bridgehead atoms. The van der Waals surface area contributed by atoms with Crippen LogP contribution < -0.4 is 10.5 Å². The summed E-state index contributed by atoms with van der Waals surface area (Å²) in [6.07, 6.45) is -4.77. The number of benzene rings is 1.